The summed E-state index contributed by atoms with van der Waals surface area (Å²) in [6.45, 7) is 5.40. The molecule has 0 unspecified atom stereocenters. The maximum absolute atomic E-state index is 11.1. The fourth-order valence-corrected chi connectivity index (χ4v) is 3.53. The summed E-state index contributed by atoms with van der Waals surface area (Å²) >= 11 is 0. The molecule has 0 spiro atoms. The molecule has 2 aromatic carbocycles. The van der Waals surface area contributed by atoms with Gasteiger partial charge in [-0.2, -0.15) is 0 Å². The molecule has 2 aromatic heterocycles. The average molecular weight is 402 g/mol. The molecule has 0 bridgehead atoms. The van der Waals surface area contributed by atoms with Crippen LogP contribution in [0.4, 0.5) is 11.5 Å². The first kappa shape index (κ1) is 19.5. The lowest BCUT2D eigenvalue weighted by Gasteiger charge is -2.19. The lowest BCUT2D eigenvalue weighted by atomic mass is 10.2. The molecule has 0 saturated heterocycles. The van der Waals surface area contributed by atoms with E-state index >= 15 is 0 Å². The second-order valence-corrected chi connectivity index (χ2v) is 7.12. The monoisotopic (exact) mass is 402 g/mol. The predicted octanol–water partition coefficient (Wildman–Crippen LogP) is 4.37. The molecule has 2 heterocycles. The van der Waals surface area contributed by atoms with Gasteiger partial charge in [0, 0.05) is 43.0 Å². The Morgan fingerprint density at radius 2 is 1.87 bits per heavy atom. The second kappa shape index (κ2) is 7.90. The molecule has 0 fully saturated rings. The zero-order valence-corrected chi connectivity index (χ0v) is 17.1. The first-order valence-corrected chi connectivity index (χ1v) is 9.72. The molecule has 0 atom stereocenters. The van der Waals surface area contributed by atoms with E-state index in [-0.39, 0.29) is 5.69 Å². The van der Waals surface area contributed by atoms with Crippen molar-refractivity contribution in [3.63, 3.8) is 0 Å². The summed E-state index contributed by atoms with van der Waals surface area (Å²) in [5.74, 6) is 2.15. The van der Waals surface area contributed by atoms with Gasteiger partial charge < -0.3 is 9.47 Å². The molecule has 4 aromatic rings. The van der Waals surface area contributed by atoms with Gasteiger partial charge in [0.2, 0.25) is 0 Å². The highest BCUT2D eigenvalue weighted by Crippen LogP contribution is 2.24. The number of para-hydroxylation sites is 2. The number of aromatic nitrogens is 4. The van der Waals surface area contributed by atoms with E-state index in [4.69, 9.17) is 4.98 Å². The Morgan fingerprint density at radius 1 is 1.07 bits per heavy atom. The predicted molar refractivity (Wildman–Crippen MR) is 116 cm³/mol. The Labute approximate surface area is 174 Å². The van der Waals surface area contributed by atoms with Gasteiger partial charge in [0.05, 0.1) is 22.5 Å². The van der Waals surface area contributed by atoms with Crippen molar-refractivity contribution in [2.45, 2.75) is 26.9 Å². The third-order valence-corrected chi connectivity index (χ3v) is 4.98. The fraction of sp³-hybridized carbons (Fsp3) is 0.227. The van der Waals surface area contributed by atoms with Crippen LogP contribution in [0.25, 0.3) is 22.4 Å². The summed E-state index contributed by atoms with van der Waals surface area (Å²) in [4.78, 5) is 26.6. The molecule has 0 aliphatic heterocycles. The minimum Gasteiger partial charge on any atom is -0.352 e. The molecular weight excluding hydrogens is 380 g/mol. The SMILES string of the molecule is CCn1c(CN(C)c2cc(C)nc(-c3cccc([N+](=O)[O-])c3)n2)nc2ccccc21. The second-order valence-electron chi connectivity index (χ2n) is 7.12. The highest BCUT2D eigenvalue weighted by molar-refractivity contribution is 5.76. The number of hydrogen-bond acceptors (Lipinski definition) is 6. The molecule has 0 N–H and O–H groups in total. The van der Waals surface area contributed by atoms with E-state index in [9.17, 15) is 10.1 Å². The highest BCUT2D eigenvalue weighted by Gasteiger charge is 2.15. The number of nitrogens with zero attached hydrogens (tertiary/aromatic N) is 6. The van der Waals surface area contributed by atoms with Gasteiger partial charge in [0.25, 0.3) is 5.69 Å². The number of fused-ring (bicyclic) bond motifs is 1. The first-order valence-electron chi connectivity index (χ1n) is 9.72. The number of benzene rings is 2. The number of anilines is 1. The molecule has 0 aliphatic rings. The van der Waals surface area contributed by atoms with Gasteiger partial charge in [0.15, 0.2) is 5.82 Å². The van der Waals surface area contributed by atoms with Gasteiger partial charge in [-0.1, -0.05) is 24.3 Å². The van der Waals surface area contributed by atoms with Crippen molar-refractivity contribution in [3.8, 4) is 11.4 Å². The number of non-ortho nitro benzene ring substituents is 1. The van der Waals surface area contributed by atoms with Gasteiger partial charge in [-0.15, -0.1) is 0 Å². The maximum Gasteiger partial charge on any atom is 0.270 e. The van der Waals surface area contributed by atoms with Crippen LogP contribution >= 0.6 is 0 Å². The molecule has 0 aliphatic carbocycles. The van der Waals surface area contributed by atoms with Crippen molar-refractivity contribution in [1.29, 1.82) is 0 Å². The molecule has 0 amide bonds. The number of nitro benzene ring substituents is 1. The van der Waals surface area contributed by atoms with Crippen molar-refractivity contribution < 1.29 is 4.92 Å². The summed E-state index contributed by atoms with van der Waals surface area (Å²) in [6.07, 6.45) is 0. The van der Waals surface area contributed by atoms with E-state index in [1.54, 1.807) is 12.1 Å². The number of imidazole rings is 1. The number of hydrogen-bond donors (Lipinski definition) is 0. The van der Waals surface area contributed by atoms with Crippen molar-refractivity contribution in [2.75, 3.05) is 11.9 Å². The van der Waals surface area contributed by atoms with Gasteiger partial charge >= 0.3 is 0 Å². The average Bonchev–Trinajstić information content (AvgIpc) is 3.10. The molecule has 8 nitrogen and oxygen atoms in total. The van der Waals surface area contributed by atoms with E-state index in [1.165, 1.54) is 12.1 Å². The van der Waals surface area contributed by atoms with Gasteiger partial charge in [-0.3, -0.25) is 10.1 Å². The number of rotatable bonds is 6. The van der Waals surface area contributed by atoms with E-state index in [0.717, 1.165) is 34.9 Å². The van der Waals surface area contributed by atoms with Crippen molar-refractivity contribution in [1.82, 2.24) is 19.5 Å². The normalized spacial score (nSPS) is 11.0. The van der Waals surface area contributed by atoms with Gasteiger partial charge in [-0.05, 0) is 26.0 Å². The number of aryl methyl sites for hydroxylation is 2. The zero-order chi connectivity index (χ0) is 21.3. The van der Waals surface area contributed by atoms with Crippen LogP contribution in [0, 0.1) is 17.0 Å². The Hall–Kier alpha value is -3.81. The highest BCUT2D eigenvalue weighted by atomic mass is 16.6. The molecule has 8 heteroatoms. The summed E-state index contributed by atoms with van der Waals surface area (Å²) < 4.78 is 2.20. The quantitative estimate of drug-likeness (QED) is 0.351. The van der Waals surface area contributed by atoms with Gasteiger partial charge in [0.1, 0.15) is 11.6 Å². The van der Waals surface area contributed by atoms with Crippen LogP contribution in [0.1, 0.15) is 18.4 Å². The fourth-order valence-electron chi connectivity index (χ4n) is 3.53. The van der Waals surface area contributed by atoms with Crippen LogP contribution in [0.5, 0.6) is 0 Å². The zero-order valence-electron chi connectivity index (χ0n) is 17.1. The van der Waals surface area contributed by atoms with Crippen LogP contribution in [0.15, 0.2) is 54.6 Å². The third-order valence-electron chi connectivity index (χ3n) is 4.98. The van der Waals surface area contributed by atoms with Crippen LogP contribution in [-0.4, -0.2) is 31.5 Å². The molecule has 4 rings (SSSR count). The Bertz CT molecular complexity index is 1230. The standard InChI is InChI=1S/C22H22N6O2/c1-4-27-19-11-6-5-10-18(19)24-21(27)14-26(3)20-12-15(2)23-22(25-20)16-8-7-9-17(13-16)28(29)30/h5-13H,4,14H2,1-3H3. The minimum absolute atomic E-state index is 0.0178. The molecule has 30 heavy (non-hydrogen) atoms. The van der Waals surface area contributed by atoms with Crippen LogP contribution in [0.2, 0.25) is 0 Å². The van der Waals surface area contributed by atoms with Crippen LogP contribution in [-0.2, 0) is 13.1 Å². The molecule has 0 radical (unpaired) electrons. The smallest absolute Gasteiger partial charge is 0.270 e. The van der Waals surface area contributed by atoms with E-state index < -0.39 is 4.92 Å². The molecular formula is C22H22N6O2. The summed E-state index contributed by atoms with van der Waals surface area (Å²) in [5, 5.41) is 11.1. The van der Waals surface area contributed by atoms with Crippen molar-refractivity contribution in [2.24, 2.45) is 0 Å². The number of nitro groups is 1. The summed E-state index contributed by atoms with van der Waals surface area (Å²) in [5.41, 5.74) is 3.50. The first-order chi connectivity index (χ1) is 14.5. The Kier molecular flexibility index (Phi) is 5.14. The minimum atomic E-state index is -0.415. The van der Waals surface area contributed by atoms with Crippen LogP contribution in [0.3, 0.4) is 0 Å². The van der Waals surface area contributed by atoms with Gasteiger partial charge in [-0.25, -0.2) is 15.0 Å². The Morgan fingerprint density at radius 3 is 2.63 bits per heavy atom. The van der Waals surface area contributed by atoms with E-state index in [2.05, 4.69) is 27.5 Å². The van der Waals surface area contributed by atoms with Crippen molar-refractivity contribution >= 4 is 22.5 Å². The largest absolute Gasteiger partial charge is 0.352 e. The lowest BCUT2D eigenvalue weighted by molar-refractivity contribution is -0.384. The van der Waals surface area contributed by atoms with E-state index in [0.29, 0.717) is 17.9 Å². The molecule has 0 saturated carbocycles. The van der Waals surface area contributed by atoms with E-state index in [1.807, 2.05) is 43.1 Å². The topological polar surface area (TPSA) is 90.0 Å². The van der Waals surface area contributed by atoms with Crippen molar-refractivity contribution in [3.05, 3.63) is 76.2 Å². The lowest BCUT2D eigenvalue weighted by Crippen LogP contribution is -2.21. The molecule has 152 valence electrons. The third kappa shape index (κ3) is 3.71. The maximum atomic E-state index is 11.1. The van der Waals surface area contributed by atoms with Crippen LogP contribution < -0.4 is 4.90 Å². The summed E-state index contributed by atoms with van der Waals surface area (Å²) in [6, 6.07) is 16.4. The Balaban J connectivity index is 1.68. The summed E-state index contributed by atoms with van der Waals surface area (Å²) in [7, 11) is 1.96.